The molecular formula is C42H46FN10O3+. The average molecular weight is 758 g/mol. The number of imidazole rings is 1. The summed E-state index contributed by atoms with van der Waals surface area (Å²) in [7, 11) is 0. The average Bonchev–Trinajstić information content (AvgIpc) is 3.81. The van der Waals surface area contributed by atoms with E-state index < -0.39 is 11.8 Å². The number of halogens is 1. The predicted octanol–water partition coefficient (Wildman–Crippen LogP) is 8.39. The second-order valence-electron chi connectivity index (χ2n) is 13.9. The number of ether oxygens (including phenoxy) is 1. The number of amides is 1. The lowest BCUT2D eigenvalue weighted by Crippen LogP contribution is -2.24. The summed E-state index contributed by atoms with van der Waals surface area (Å²) in [6, 6.07) is 14.7. The molecule has 1 amide bonds. The van der Waals surface area contributed by atoms with Gasteiger partial charge in [-0.05, 0) is 111 Å². The zero-order valence-corrected chi connectivity index (χ0v) is 31.7. The van der Waals surface area contributed by atoms with E-state index in [1.165, 1.54) is 17.7 Å². The topological polar surface area (TPSA) is 174 Å². The number of fused-ring (bicyclic) bond motifs is 2. The number of allylic oxidation sites excluding steroid dienone is 2. The summed E-state index contributed by atoms with van der Waals surface area (Å²) < 4.78 is 21.6. The number of pyridine rings is 1. The van der Waals surface area contributed by atoms with Crippen LogP contribution in [-0.2, 0) is 22.4 Å². The quantitative estimate of drug-likeness (QED) is 0.0188. The number of anilines is 1. The second-order valence-corrected chi connectivity index (χ2v) is 13.9. The summed E-state index contributed by atoms with van der Waals surface area (Å²) in [4.78, 5) is 45.8. The van der Waals surface area contributed by atoms with E-state index in [-0.39, 0.29) is 11.9 Å². The summed E-state index contributed by atoms with van der Waals surface area (Å²) in [5.74, 6) is 0.579. The molecule has 0 fully saturated rings. The highest BCUT2D eigenvalue weighted by Crippen LogP contribution is 2.33. The molecule has 3 aromatic heterocycles. The largest absolute Gasteiger partial charge is 0.423 e. The number of carbonyl (C=O) groups excluding carboxylic acids is 2. The molecule has 2 aromatic carbocycles. The fraction of sp³-hybridized carbons (Fsp3) is 0.333. The number of nitrogens with zero attached hydrogens (tertiary/aromatic N) is 7. The molecule has 1 aliphatic rings. The van der Waals surface area contributed by atoms with Crippen LogP contribution in [0.5, 0.6) is 5.75 Å². The smallest absolute Gasteiger partial charge is 0.335 e. The standard InChI is InChI=1S/C42H45FN10O3/c1-28(2)53-27-48-39-41(49-40(50-42(39)53)32-23-33(43)26-45-25-32)47-22-20-31-15-14-30-16-19-35(24-36(30)31)56-38(55)11-6-4-3-5-7-21-46-37(54)10-8-9-29-12-17-34(18-13-29)51-52-44/h6,11-13,15-19,23-28,44H,3-5,7-10,14,20-22H2,1-2H3,(H-,46,47,49,50,54)/p+1/b11-6+. The highest BCUT2D eigenvalue weighted by Gasteiger charge is 2.19. The summed E-state index contributed by atoms with van der Waals surface area (Å²) >= 11 is 0. The Balaban J connectivity index is 0.914. The van der Waals surface area contributed by atoms with Crippen molar-refractivity contribution in [1.29, 1.82) is 5.53 Å². The molecular weight excluding hydrogens is 712 g/mol. The van der Waals surface area contributed by atoms with E-state index >= 15 is 0 Å². The monoisotopic (exact) mass is 757 g/mol. The first kappa shape index (κ1) is 39.3. The summed E-state index contributed by atoms with van der Waals surface area (Å²) in [5.41, 5.74) is 13.7. The molecule has 0 bridgehead atoms. The Hall–Kier alpha value is -6.40. The number of hydrogen-bond donors (Lipinski definition) is 3. The van der Waals surface area contributed by atoms with Gasteiger partial charge in [-0.15, -0.1) is 0 Å². The van der Waals surface area contributed by atoms with E-state index in [9.17, 15) is 14.0 Å². The van der Waals surface area contributed by atoms with Crippen LogP contribution in [0.3, 0.4) is 0 Å². The number of unbranched alkanes of at least 4 members (excludes halogenated alkanes) is 3. The van der Waals surface area contributed by atoms with Crippen LogP contribution in [0.1, 0.15) is 81.5 Å². The van der Waals surface area contributed by atoms with Crippen molar-refractivity contribution < 1.29 is 18.7 Å². The normalized spacial score (nSPS) is 12.1. The minimum absolute atomic E-state index is 0.0483. The number of esters is 1. The maximum Gasteiger partial charge on any atom is 0.335 e. The molecule has 14 heteroatoms. The molecule has 0 atom stereocenters. The fourth-order valence-corrected chi connectivity index (χ4v) is 6.52. The van der Waals surface area contributed by atoms with E-state index in [0.717, 1.165) is 67.8 Å². The Labute approximate surface area is 324 Å². The van der Waals surface area contributed by atoms with Gasteiger partial charge in [0.15, 0.2) is 28.1 Å². The van der Waals surface area contributed by atoms with Crippen LogP contribution in [0.15, 0.2) is 90.6 Å². The van der Waals surface area contributed by atoms with E-state index in [1.807, 2.05) is 67.0 Å². The van der Waals surface area contributed by atoms with Crippen molar-refractivity contribution in [1.82, 2.24) is 34.7 Å². The molecule has 3 N–H and O–H groups in total. The van der Waals surface area contributed by atoms with Crippen LogP contribution < -0.4 is 20.3 Å². The van der Waals surface area contributed by atoms with E-state index in [1.54, 1.807) is 12.5 Å². The predicted molar refractivity (Wildman–Crippen MR) is 213 cm³/mol. The van der Waals surface area contributed by atoms with Crippen LogP contribution >= 0.6 is 0 Å². The Morgan fingerprint density at radius 1 is 1.04 bits per heavy atom. The first-order valence-corrected chi connectivity index (χ1v) is 19.0. The molecule has 0 radical (unpaired) electrons. The van der Waals surface area contributed by atoms with Gasteiger partial charge in [-0.3, -0.25) is 9.78 Å². The van der Waals surface area contributed by atoms with Gasteiger partial charge >= 0.3 is 5.97 Å². The Kier molecular flexibility index (Phi) is 13.5. The van der Waals surface area contributed by atoms with Crippen molar-refractivity contribution in [3.05, 3.63) is 108 Å². The number of rotatable bonds is 19. The molecule has 5 aromatic rings. The Morgan fingerprint density at radius 3 is 2.70 bits per heavy atom. The summed E-state index contributed by atoms with van der Waals surface area (Å²) in [5, 5.41) is 10.1. The van der Waals surface area contributed by atoms with Crippen molar-refractivity contribution in [2.24, 2.45) is 5.11 Å². The maximum atomic E-state index is 14.0. The maximum absolute atomic E-state index is 14.0. The van der Waals surface area contributed by atoms with Gasteiger partial charge in [-0.25, -0.2) is 24.1 Å². The molecule has 6 rings (SSSR count). The van der Waals surface area contributed by atoms with Gasteiger partial charge in [-0.1, -0.05) is 36.8 Å². The van der Waals surface area contributed by atoms with Gasteiger partial charge in [-0.2, -0.15) is 0 Å². The van der Waals surface area contributed by atoms with Gasteiger partial charge in [0, 0.05) is 43.4 Å². The van der Waals surface area contributed by atoms with Gasteiger partial charge < -0.3 is 19.9 Å². The van der Waals surface area contributed by atoms with Gasteiger partial charge in [0.2, 0.25) is 10.8 Å². The number of carbonyl (C=O) groups is 2. The van der Waals surface area contributed by atoms with Crippen LogP contribution in [0.2, 0.25) is 0 Å². The molecule has 0 unspecified atom stereocenters. The summed E-state index contributed by atoms with van der Waals surface area (Å²) in [6.07, 6.45) is 16.9. The minimum atomic E-state index is -0.462. The van der Waals surface area contributed by atoms with E-state index in [0.29, 0.717) is 65.7 Å². The van der Waals surface area contributed by atoms with Crippen molar-refractivity contribution in [2.45, 2.75) is 77.7 Å². The zero-order chi connectivity index (χ0) is 39.3. The van der Waals surface area contributed by atoms with Crippen LogP contribution in [0.4, 0.5) is 15.9 Å². The van der Waals surface area contributed by atoms with Crippen molar-refractivity contribution in [2.75, 3.05) is 18.4 Å². The van der Waals surface area contributed by atoms with Gasteiger partial charge in [0.1, 0.15) is 22.6 Å². The molecule has 0 aliphatic heterocycles. The summed E-state index contributed by atoms with van der Waals surface area (Å²) in [6.45, 7) is 5.28. The second kappa shape index (κ2) is 19.3. The number of aryl methyl sites for hydroxylation is 1. The first-order chi connectivity index (χ1) is 27.3. The lowest BCUT2D eigenvalue weighted by Gasteiger charge is -2.12. The van der Waals surface area contributed by atoms with Crippen LogP contribution in [0.25, 0.3) is 28.1 Å². The number of nitrogens with one attached hydrogen (secondary N) is 3. The fourth-order valence-electron chi connectivity index (χ4n) is 6.52. The van der Waals surface area contributed by atoms with Crippen LogP contribution in [-0.4, -0.2) is 49.5 Å². The molecule has 288 valence electrons. The molecule has 1 aliphatic carbocycles. The number of aromatic nitrogens is 5. The van der Waals surface area contributed by atoms with Crippen molar-refractivity contribution in [3.63, 3.8) is 0 Å². The van der Waals surface area contributed by atoms with Gasteiger partial charge in [0.05, 0.1) is 12.5 Å². The highest BCUT2D eigenvalue weighted by atomic mass is 19.1. The zero-order valence-electron chi connectivity index (χ0n) is 31.7. The molecule has 13 nitrogen and oxygen atoms in total. The Morgan fingerprint density at radius 2 is 1.89 bits per heavy atom. The third-order valence-electron chi connectivity index (χ3n) is 9.44. The molecule has 0 spiro atoms. The SMILES string of the molecule is CC(C)n1cnc2c(NCCC3=CCc4ccc(OC(=O)/C=C/CCCCCNC(=O)CCCc5ccc(N=[N+]=N)cc5)cc43)nc(-c3cncc(F)c3)nc21. The molecule has 3 heterocycles. The van der Waals surface area contributed by atoms with Crippen molar-refractivity contribution in [3.8, 4) is 17.1 Å². The molecule has 0 saturated carbocycles. The van der Waals surface area contributed by atoms with Gasteiger partial charge in [0.25, 0.3) is 0 Å². The lowest BCUT2D eigenvalue weighted by molar-refractivity contribution is -0.129. The van der Waals surface area contributed by atoms with E-state index in [4.69, 9.17) is 20.2 Å². The Bertz CT molecular complexity index is 2280. The third kappa shape index (κ3) is 10.6. The highest BCUT2D eigenvalue weighted by molar-refractivity contribution is 5.86. The number of benzene rings is 2. The first-order valence-electron chi connectivity index (χ1n) is 19.0. The van der Waals surface area contributed by atoms with E-state index in [2.05, 4.69) is 36.7 Å². The number of hydrogen-bond acceptors (Lipinski definition) is 10. The molecule has 56 heavy (non-hydrogen) atoms. The minimum Gasteiger partial charge on any atom is -0.423 e. The molecule has 0 saturated heterocycles. The lowest BCUT2D eigenvalue weighted by atomic mass is 10.0. The van der Waals surface area contributed by atoms with Crippen LogP contribution in [0, 0.1) is 11.3 Å². The third-order valence-corrected chi connectivity index (χ3v) is 9.44. The van der Waals surface area contributed by atoms with Crippen molar-refractivity contribution >= 4 is 40.1 Å².